The van der Waals surface area contributed by atoms with Gasteiger partial charge in [-0.25, -0.2) is 0 Å². The largest absolute Gasteiger partial charge is 0.397 e. The highest BCUT2D eigenvalue weighted by Crippen LogP contribution is 2.25. The summed E-state index contributed by atoms with van der Waals surface area (Å²) in [7, 11) is 2.09. The van der Waals surface area contributed by atoms with Crippen molar-refractivity contribution < 1.29 is 0 Å². The van der Waals surface area contributed by atoms with E-state index >= 15 is 0 Å². The summed E-state index contributed by atoms with van der Waals surface area (Å²) in [5, 5.41) is 0. The highest BCUT2D eigenvalue weighted by Gasteiger charge is 2.09. The smallest absolute Gasteiger partial charge is 0.0600 e. The van der Waals surface area contributed by atoms with Crippen LogP contribution in [0, 0.1) is 6.92 Å². The van der Waals surface area contributed by atoms with Gasteiger partial charge in [-0.1, -0.05) is 44.2 Å². The number of aryl methyl sites for hydroxylation is 1. The maximum atomic E-state index is 6.05. The molecule has 106 valence electrons. The Labute approximate surface area is 122 Å². The van der Waals surface area contributed by atoms with Gasteiger partial charge in [-0.3, -0.25) is 0 Å². The molecule has 0 aliphatic carbocycles. The third kappa shape index (κ3) is 3.13. The molecule has 20 heavy (non-hydrogen) atoms. The topological polar surface area (TPSA) is 29.3 Å². The predicted molar refractivity (Wildman–Crippen MR) is 88.2 cm³/mol. The third-order valence-electron chi connectivity index (χ3n) is 3.80. The maximum absolute atomic E-state index is 6.05. The molecule has 0 aliphatic heterocycles. The van der Waals surface area contributed by atoms with Gasteiger partial charge < -0.3 is 10.6 Å². The van der Waals surface area contributed by atoms with E-state index in [2.05, 4.69) is 57.0 Å². The van der Waals surface area contributed by atoms with Gasteiger partial charge in [0.25, 0.3) is 0 Å². The molecule has 0 bridgehead atoms. The van der Waals surface area contributed by atoms with Crippen molar-refractivity contribution in [2.45, 2.75) is 33.2 Å². The van der Waals surface area contributed by atoms with Gasteiger partial charge in [-0.15, -0.1) is 0 Å². The van der Waals surface area contributed by atoms with Gasteiger partial charge in [-0.2, -0.15) is 0 Å². The summed E-state index contributed by atoms with van der Waals surface area (Å²) in [5.74, 6) is 0.557. The van der Waals surface area contributed by atoms with Crippen LogP contribution in [-0.4, -0.2) is 7.05 Å². The fourth-order valence-corrected chi connectivity index (χ4v) is 2.40. The van der Waals surface area contributed by atoms with E-state index in [1.165, 1.54) is 16.7 Å². The Bertz CT molecular complexity index is 588. The van der Waals surface area contributed by atoms with Gasteiger partial charge in [-0.05, 0) is 41.7 Å². The van der Waals surface area contributed by atoms with Crippen molar-refractivity contribution in [3.8, 4) is 0 Å². The molecule has 2 rings (SSSR count). The second kappa shape index (κ2) is 6.00. The van der Waals surface area contributed by atoms with E-state index in [1.807, 2.05) is 18.2 Å². The van der Waals surface area contributed by atoms with Gasteiger partial charge in [0.15, 0.2) is 0 Å². The lowest BCUT2D eigenvalue weighted by Gasteiger charge is -2.23. The van der Waals surface area contributed by atoms with E-state index in [0.717, 1.165) is 17.9 Å². The van der Waals surface area contributed by atoms with Crippen LogP contribution in [0.5, 0.6) is 0 Å². The zero-order chi connectivity index (χ0) is 14.7. The lowest BCUT2D eigenvalue weighted by Crippen LogP contribution is -2.18. The number of anilines is 2. The molecule has 0 heterocycles. The lowest BCUT2D eigenvalue weighted by molar-refractivity contribution is 0.851. The van der Waals surface area contributed by atoms with Crippen LogP contribution >= 0.6 is 0 Å². The Morgan fingerprint density at radius 1 is 1.10 bits per heavy atom. The Hall–Kier alpha value is -1.96. The predicted octanol–water partition coefficient (Wildman–Crippen LogP) is 4.34. The minimum absolute atomic E-state index is 0.557. The second-order valence-electron chi connectivity index (χ2n) is 5.76. The molecule has 2 N–H and O–H groups in total. The van der Waals surface area contributed by atoms with Crippen molar-refractivity contribution in [1.82, 2.24) is 0 Å². The zero-order valence-electron chi connectivity index (χ0n) is 12.9. The fraction of sp³-hybridized carbons (Fsp3) is 0.333. The highest BCUT2D eigenvalue weighted by molar-refractivity contribution is 5.67. The minimum Gasteiger partial charge on any atom is -0.397 e. The quantitative estimate of drug-likeness (QED) is 0.836. The molecule has 0 atom stereocenters. The van der Waals surface area contributed by atoms with Crippen LogP contribution in [0.15, 0.2) is 42.5 Å². The summed E-state index contributed by atoms with van der Waals surface area (Å²) >= 11 is 0. The van der Waals surface area contributed by atoms with Gasteiger partial charge in [0.05, 0.1) is 11.4 Å². The van der Waals surface area contributed by atoms with Crippen molar-refractivity contribution >= 4 is 11.4 Å². The number of nitrogens with two attached hydrogens (primary N) is 1. The molecule has 2 aromatic carbocycles. The van der Waals surface area contributed by atoms with Crippen LogP contribution in [0.25, 0.3) is 0 Å². The van der Waals surface area contributed by atoms with E-state index < -0.39 is 0 Å². The third-order valence-corrected chi connectivity index (χ3v) is 3.80. The Balaban J connectivity index is 2.25. The summed E-state index contributed by atoms with van der Waals surface area (Å²) in [6.45, 7) is 7.50. The lowest BCUT2D eigenvalue weighted by atomic mass is 9.97. The van der Waals surface area contributed by atoms with Gasteiger partial charge in [0.2, 0.25) is 0 Å². The number of nitrogens with zero attached hydrogens (tertiary/aromatic N) is 1. The Morgan fingerprint density at radius 2 is 1.80 bits per heavy atom. The first-order valence-corrected chi connectivity index (χ1v) is 7.14. The summed E-state index contributed by atoms with van der Waals surface area (Å²) in [6, 6.07) is 14.8. The normalized spacial score (nSPS) is 10.8. The average Bonchev–Trinajstić information content (AvgIpc) is 2.41. The van der Waals surface area contributed by atoms with Crippen LogP contribution in [0.4, 0.5) is 11.4 Å². The summed E-state index contributed by atoms with van der Waals surface area (Å²) in [4.78, 5) is 2.21. The van der Waals surface area contributed by atoms with E-state index in [4.69, 9.17) is 5.73 Å². The molecule has 2 heteroatoms. The van der Waals surface area contributed by atoms with E-state index in [9.17, 15) is 0 Å². The van der Waals surface area contributed by atoms with Crippen molar-refractivity contribution in [2.75, 3.05) is 17.7 Å². The van der Waals surface area contributed by atoms with Gasteiger partial charge >= 0.3 is 0 Å². The second-order valence-corrected chi connectivity index (χ2v) is 5.76. The molecule has 0 unspecified atom stereocenters. The molecule has 0 saturated heterocycles. The summed E-state index contributed by atoms with van der Waals surface area (Å²) < 4.78 is 0. The number of nitrogen functional groups attached to an aromatic ring is 1. The fourth-order valence-electron chi connectivity index (χ4n) is 2.40. The minimum atomic E-state index is 0.557. The molecule has 0 aliphatic rings. The zero-order valence-corrected chi connectivity index (χ0v) is 12.9. The number of hydrogen-bond donors (Lipinski definition) is 1. The molecular weight excluding hydrogens is 244 g/mol. The number of benzene rings is 2. The van der Waals surface area contributed by atoms with Crippen molar-refractivity contribution in [1.29, 1.82) is 0 Å². The molecular formula is C18H24N2. The monoisotopic (exact) mass is 268 g/mol. The van der Waals surface area contributed by atoms with Crippen LogP contribution in [0.1, 0.15) is 36.5 Å². The molecule has 0 radical (unpaired) electrons. The van der Waals surface area contributed by atoms with Crippen LogP contribution in [0.3, 0.4) is 0 Å². The van der Waals surface area contributed by atoms with Crippen molar-refractivity contribution in [3.05, 3.63) is 59.2 Å². The van der Waals surface area contributed by atoms with Crippen LogP contribution in [-0.2, 0) is 6.54 Å². The standard InChI is InChI=1S/C18H24N2/c1-13(2)15-10-9-14(3)16(11-15)12-20(4)18-8-6-5-7-17(18)19/h5-11,13H,12,19H2,1-4H3. The summed E-state index contributed by atoms with van der Waals surface area (Å²) in [6.07, 6.45) is 0. The van der Waals surface area contributed by atoms with E-state index in [1.54, 1.807) is 0 Å². The van der Waals surface area contributed by atoms with Gasteiger partial charge in [0, 0.05) is 13.6 Å². The molecule has 2 aromatic rings. The molecule has 0 amide bonds. The van der Waals surface area contributed by atoms with E-state index in [-0.39, 0.29) is 0 Å². The molecule has 0 saturated carbocycles. The highest BCUT2D eigenvalue weighted by atomic mass is 15.1. The Morgan fingerprint density at radius 3 is 2.45 bits per heavy atom. The van der Waals surface area contributed by atoms with Crippen molar-refractivity contribution in [2.24, 2.45) is 0 Å². The first kappa shape index (κ1) is 14.4. The van der Waals surface area contributed by atoms with Crippen molar-refractivity contribution in [3.63, 3.8) is 0 Å². The van der Waals surface area contributed by atoms with Gasteiger partial charge in [0.1, 0.15) is 0 Å². The molecule has 0 aromatic heterocycles. The SMILES string of the molecule is Cc1ccc(C(C)C)cc1CN(C)c1ccccc1N. The number of hydrogen-bond acceptors (Lipinski definition) is 2. The average molecular weight is 268 g/mol. The molecule has 0 spiro atoms. The molecule has 2 nitrogen and oxygen atoms in total. The first-order chi connectivity index (χ1) is 9.49. The number of rotatable bonds is 4. The van der Waals surface area contributed by atoms with Crippen LogP contribution in [0.2, 0.25) is 0 Å². The first-order valence-electron chi connectivity index (χ1n) is 7.14. The van der Waals surface area contributed by atoms with E-state index in [0.29, 0.717) is 5.92 Å². The Kier molecular flexibility index (Phi) is 4.33. The number of para-hydroxylation sites is 2. The molecule has 0 fully saturated rings. The van der Waals surface area contributed by atoms with Crippen LogP contribution < -0.4 is 10.6 Å². The maximum Gasteiger partial charge on any atom is 0.0600 e. The summed E-state index contributed by atoms with van der Waals surface area (Å²) in [5.41, 5.74) is 12.0.